The topological polar surface area (TPSA) is 44.8 Å². The molecule has 1 atom stereocenters. The summed E-state index contributed by atoms with van der Waals surface area (Å²) in [5.41, 5.74) is 0.373. The van der Waals surface area contributed by atoms with Crippen molar-refractivity contribution in [1.82, 2.24) is 0 Å². The first kappa shape index (κ1) is 20.1. The Bertz CT molecular complexity index is 712. The average molecular weight is 377 g/mol. The van der Waals surface area contributed by atoms with E-state index < -0.39 is 5.97 Å². The lowest BCUT2D eigenvalue weighted by Gasteiger charge is -2.11. The number of hydrogen-bond donors (Lipinski definition) is 0. The first-order valence-corrected chi connectivity index (χ1v) is 9.19. The molecule has 2 aromatic rings. The maximum Gasteiger partial charge on any atom is 0.343 e. The van der Waals surface area contributed by atoms with Crippen molar-refractivity contribution >= 4 is 17.6 Å². The Morgan fingerprint density at radius 2 is 1.81 bits per heavy atom. The first-order chi connectivity index (χ1) is 12.5. The summed E-state index contributed by atoms with van der Waals surface area (Å²) in [5.74, 6) is 1.95. The number of halogens is 1. The summed E-state index contributed by atoms with van der Waals surface area (Å²) in [4.78, 5) is 12.2. The third kappa shape index (κ3) is 5.95. The van der Waals surface area contributed by atoms with Crippen molar-refractivity contribution in [2.45, 2.75) is 33.1 Å². The van der Waals surface area contributed by atoms with Crippen molar-refractivity contribution in [2.24, 2.45) is 5.92 Å². The molecule has 0 saturated carbocycles. The minimum atomic E-state index is -0.472. The van der Waals surface area contributed by atoms with Crippen LogP contribution in [-0.4, -0.2) is 19.7 Å². The van der Waals surface area contributed by atoms with Gasteiger partial charge in [0.25, 0.3) is 0 Å². The van der Waals surface area contributed by atoms with Crippen molar-refractivity contribution in [3.8, 4) is 17.2 Å². The van der Waals surface area contributed by atoms with E-state index in [1.807, 2.05) is 0 Å². The molecule has 1 unspecified atom stereocenters. The molecule has 0 aromatic heterocycles. The van der Waals surface area contributed by atoms with Crippen LogP contribution in [-0.2, 0) is 0 Å². The van der Waals surface area contributed by atoms with Crippen LogP contribution in [0.25, 0.3) is 0 Å². The van der Waals surface area contributed by atoms with Gasteiger partial charge in [0.15, 0.2) is 0 Å². The Hall–Kier alpha value is -2.20. The predicted octanol–water partition coefficient (Wildman–Crippen LogP) is 5.77. The predicted molar refractivity (Wildman–Crippen MR) is 104 cm³/mol. The highest BCUT2D eigenvalue weighted by Crippen LogP contribution is 2.27. The molecule has 4 nitrogen and oxygen atoms in total. The van der Waals surface area contributed by atoms with Crippen molar-refractivity contribution in [1.29, 1.82) is 0 Å². The number of rotatable bonds is 9. The van der Waals surface area contributed by atoms with Gasteiger partial charge >= 0.3 is 5.97 Å². The van der Waals surface area contributed by atoms with Crippen molar-refractivity contribution in [3.63, 3.8) is 0 Å². The van der Waals surface area contributed by atoms with Gasteiger partial charge < -0.3 is 14.2 Å². The molecule has 26 heavy (non-hydrogen) atoms. The first-order valence-electron chi connectivity index (χ1n) is 8.82. The summed E-state index contributed by atoms with van der Waals surface area (Å²) in [6, 6.07) is 11.7. The van der Waals surface area contributed by atoms with Crippen LogP contribution in [0.15, 0.2) is 42.5 Å². The molecule has 5 heteroatoms. The van der Waals surface area contributed by atoms with Gasteiger partial charge in [0, 0.05) is 0 Å². The van der Waals surface area contributed by atoms with Crippen LogP contribution in [0.1, 0.15) is 43.5 Å². The monoisotopic (exact) mass is 376 g/mol. The molecule has 0 bridgehead atoms. The van der Waals surface area contributed by atoms with Gasteiger partial charge in [-0.1, -0.05) is 31.9 Å². The summed E-state index contributed by atoms with van der Waals surface area (Å²) < 4.78 is 16.1. The van der Waals surface area contributed by atoms with E-state index in [0.29, 0.717) is 40.4 Å². The van der Waals surface area contributed by atoms with E-state index in [4.69, 9.17) is 25.8 Å². The normalized spacial score (nSPS) is 11.7. The molecule has 0 N–H and O–H groups in total. The standard InChI is InChI=1S/C21H25ClO4/c1-4-15(2)6-5-13-25-20-12-7-16(14-19(20)22)21(23)26-18-10-8-17(24-3)9-11-18/h7-12,14-15H,4-6,13H2,1-3H3. The van der Waals surface area contributed by atoms with Crippen LogP contribution in [0.2, 0.25) is 5.02 Å². The van der Waals surface area contributed by atoms with Gasteiger partial charge in [0.2, 0.25) is 0 Å². The van der Waals surface area contributed by atoms with Crippen LogP contribution >= 0.6 is 11.6 Å². The number of esters is 1. The lowest BCUT2D eigenvalue weighted by atomic mass is 10.0. The molecule has 0 spiro atoms. The zero-order chi connectivity index (χ0) is 18.9. The number of benzene rings is 2. The number of carbonyl (C=O) groups is 1. The van der Waals surface area contributed by atoms with E-state index in [0.717, 1.165) is 12.8 Å². The Kier molecular flexibility index (Phi) is 7.79. The second-order valence-corrected chi connectivity index (χ2v) is 6.62. The van der Waals surface area contributed by atoms with Crippen LogP contribution in [0.4, 0.5) is 0 Å². The fourth-order valence-corrected chi connectivity index (χ4v) is 2.61. The average Bonchev–Trinajstić information content (AvgIpc) is 2.66. The number of carbonyl (C=O) groups excluding carboxylic acids is 1. The summed E-state index contributed by atoms with van der Waals surface area (Å²) in [6.45, 7) is 5.03. The largest absolute Gasteiger partial charge is 0.497 e. The summed E-state index contributed by atoms with van der Waals surface area (Å²) >= 11 is 6.24. The lowest BCUT2D eigenvalue weighted by Crippen LogP contribution is -2.09. The Labute approximate surface area is 160 Å². The van der Waals surface area contributed by atoms with E-state index in [-0.39, 0.29) is 0 Å². The maximum absolute atomic E-state index is 12.2. The SMILES string of the molecule is CCC(C)CCCOc1ccc(C(=O)Oc2ccc(OC)cc2)cc1Cl. The van der Waals surface area contributed by atoms with Gasteiger partial charge in [-0.15, -0.1) is 0 Å². The highest BCUT2D eigenvalue weighted by atomic mass is 35.5. The third-order valence-electron chi connectivity index (χ3n) is 4.23. The van der Waals surface area contributed by atoms with Gasteiger partial charge in [-0.2, -0.15) is 0 Å². The third-order valence-corrected chi connectivity index (χ3v) is 4.53. The highest BCUT2D eigenvalue weighted by Gasteiger charge is 2.12. The number of methoxy groups -OCH3 is 1. The molecule has 2 aromatic carbocycles. The molecule has 140 valence electrons. The summed E-state index contributed by atoms with van der Waals surface area (Å²) in [6.07, 6.45) is 3.28. The van der Waals surface area contributed by atoms with E-state index in [2.05, 4.69) is 13.8 Å². The molecule has 0 radical (unpaired) electrons. The van der Waals surface area contributed by atoms with Gasteiger partial charge in [-0.05, 0) is 61.2 Å². The molecule has 0 heterocycles. The lowest BCUT2D eigenvalue weighted by molar-refractivity contribution is 0.0734. The minimum absolute atomic E-state index is 0.373. The van der Waals surface area contributed by atoms with Crippen LogP contribution in [0.5, 0.6) is 17.2 Å². The molecule has 0 fully saturated rings. The molecule has 2 rings (SSSR count). The maximum atomic E-state index is 12.2. The molecular formula is C21H25ClO4. The van der Waals surface area contributed by atoms with Crippen LogP contribution < -0.4 is 14.2 Å². The van der Waals surface area contributed by atoms with Gasteiger partial charge in [0.05, 0.1) is 24.3 Å². The zero-order valence-electron chi connectivity index (χ0n) is 15.5. The molecule has 0 saturated heterocycles. The van der Waals surface area contributed by atoms with Crippen molar-refractivity contribution in [3.05, 3.63) is 53.1 Å². The Balaban J connectivity index is 1.91. The zero-order valence-corrected chi connectivity index (χ0v) is 16.2. The van der Waals surface area contributed by atoms with E-state index >= 15 is 0 Å². The van der Waals surface area contributed by atoms with Gasteiger partial charge in [0.1, 0.15) is 17.2 Å². The number of ether oxygens (including phenoxy) is 3. The van der Waals surface area contributed by atoms with Crippen molar-refractivity contribution < 1.29 is 19.0 Å². The fourth-order valence-electron chi connectivity index (χ4n) is 2.37. The van der Waals surface area contributed by atoms with E-state index in [1.54, 1.807) is 49.6 Å². The Morgan fingerprint density at radius 1 is 1.12 bits per heavy atom. The van der Waals surface area contributed by atoms with Gasteiger partial charge in [-0.3, -0.25) is 0 Å². The van der Waals surface area contributed by atoms with E-state index in [9.17, 15) is 4.79 Å². The minimum Gasteiger partial charge on any atom is -0.497 e. The van der Waals surface area contributed by atoms with Gasteiger partial charge in [-0.25, -0.2) is 4.79 Å². The second-order valence-electron chi connectivity index (χ2n) is 6.21. The second kappa shape index (κ2) is 10.1. The summed E-state index contributed by atoms with van der Waals surface area (Å²) in [5, 5.41) is 0.401. The van der Waals surface area contributed by atoms with Crippen LogP contribution in [0, 0.1) is 5.92 Å². The fraction of sp³-hybridized carbons (Fsp3) is 0.381. The molecule has 0 aliphatic rings. The van der Waals surface area contributed by atoms with Crippen molar-refractivity contribution in [2.75, 3.05) is 13.7 Å². The molecule has 0 aliphatic carbocycles. The van der Waals surface area contributed by atoms with E-state index in [1.165, 1.54) is 6.42 Å². The molecule has 0 aliphatic heterocycles. The molecule has 0 amide bonds. The van der Waals surface area contributed by atoms with Crippen LogP contribution in [0.3, 0.4) is 0 Å². The molecular weight excluding hydrogens is 352 g/mol. The summed E-state index contributed by atoms with van der Waals surface area (Å²) in [7, 11) is 1.58. The highest BCUT2D eigenvalue weighted by molar-refractivity contribution is 6.32. The smallest absolute Gasteiger partial charge is 0.343 e. The number of hydrogen-bond acceptors (Lipinski definition) is 4. The quantitative estimate of drug-likeness (QED) is 0.316. The Morgan fingerprint density at radius 3 is 2.42 bits per heavy atom.